The molecule has 0 bridgehead atoms. The summed E-state index contributed by atoms with van der Waals surface area (Å²) in [6, 6.07) is 1.64. The summed E-state index contributed by atoms with van der Waals surface area (Å²) in [6.45, 7) is 0. The lowest BCUT2D eigenvalue weighted by molar-refractivity contribution is 0.568. The highest BCUT2D eigenvalue weighted by Gasteiger charge is 2.14. The summed E-state index contributed by atoms with van der Waals surface area (Å²) in [5.74, 6) is -2.40. The average molecular weight is 306 g/mol. The second kappa shape index (κ2) is 4.12. The van der Waals surface area contributed by atoms with E-state index in [4.69, 9.17) is 10.7 Å². The van der Waals surface area contributed by atoms with E-state index in [1.807, 2.05) is 0 Å². The molecule has 2 nitrogen and oxygen atoms in total. The molecule has 0 aliphatic carbocycles. The van der Waals surface area contributed by atoms with E-state index in [2.05, 4.69) is 15.9 Å². The smallest absolute Gasteiger partial charge is 0.212 e. The fraction of sp³-hybridized carbons (Fsp3) is 0.143. The predicted octanol–water partition coefficient (Wildman–Crippen LogP) is 2.80. The molecule has 0 atom stereocenters. The van der Waals surface area contributed by atoms with Crippen LogP contribution in [-0.2, 0) is 14.8 Å². The molecule has 0 spiro atoms. The Bertz CT molecular complexity index is 461. The molecule has 0 fully saturated rings. The monoisotopic (exact) mass is 304 g/mol. The minimum Gasteiger partial charge on any atom is -0.212 e. The third kappa shape index (κ3) is 3.18. The van der Waals surface area contributed by atoms with Crippen molar-refractivity contribution in [3.63, 3.8) is 0 Å². The maximum absolute atomic E-state index is 13.0. The molecule has 1 rings (SSSR count). The van der Waals surface area contributed by atoms with Gasteiger partial charge >= 0.3 is 0 Å². The van der Waals surface area contributed by atoms with Crippen LogP contribution in [0.25, 0.3) is 0 Å². The van der Waals surface area contributed by atoms with Gasteiger partial charge in [-0.2, -0.15) is 0 Å². The van der Waals surface area contributed by atoms with Crippen LogP contribution in [0, 0.1) is 11.6 Å². The van der Waals surface area contributed by atoms with Crippen molar-refractivity contribution in [2.24, 2.45) is 0 Å². The van der Waals surface area contributed by atoms with Crippen LogP contribution in [-0.4, -0.2) is 8.42 Å². The molecule has 78 valence electrons. The molecule has 0 saturated carbocycles. The van der Waals surface area contributed by atoms with E-state index in [1.165, 1.54) is 0 Å². The zero-order valence-electron chi connectivity index (χ0n) is 6.60. The summed E-state index contributed by atoms with van der Waals surface area (Å²) >= 11 is 2.81. The van der Waals surface area contributed by atoms with Gasteiger partial charge in [0.05, 0.1) is 10.2 Å². The SMILES string of the molecule is O=S(=O)(Cl)Cc1cc(Br)c(F)cc1F. The molecule has 0 unspecified atom stereocenters. The molecule has 0 radical (unpaired) electrons. The molecule has 0 N–H and O–H groups in total. The van der Waals surface area contributed by atoms with Crippen LogP contribution in [0.1, 0.15) is 5.56 Å². The van der Waals surface area contributed by atoms with Crippen LogP contribution in [0.15, 0.2) is 16.6 Å². The van der Waals surface area contributed by atoms with Crippen molar-refractivity contribution in [2.75, 3.05) is 0 Å². The molecular formula is C7H4BrClF2O2S. The number of halogens is 4. The van der Waals surface area contributed by atoms with Crippen molar-refractivity contribution in [3.05, 3.63) is 33.8 Å². The Morgan fingerprint density at radius 1 is 1.29 bits per heavy atom. The molecule has 1 aromatic rings. The lowest BCUT2D eigenvalue weighted by atomic mass is 10.2. The number of benzene rings is 1. The van der Waals surface area contributed by atoms with Gasteiger partial charge in [0.1, 0.15) is 11.6 Å². The van der Waals surface area contributed by atoms with Gasteiger partial charge in [0, 0.05) is 22.3 Å². The fourth-order valence-electron chi connectivity index (χ4n) is 0.860. The Morgan fingerprint density at radius 2 is 1.86 bits per heavy atom. The quantitative estimate of drug-likeness (QED) is 0.622. The van der Waals surface area contributed by atoms with Gasteiger partial charge in [-0.1, -0.05) is 0 Å². The predicted molar refractivity (Wildman–Crippen MR) is 52.5 cm³/mol. The van der Waals surface area contributed by atoms with Gasteiger partial charge in [0.25, 0.3) is 0 Å². The fourth-order valence-corrected chi connectivity index (χ4v) is 2.20. The Kier molecular flexibility index (Phi) is 3.49. The van der Waals surface area contributed by atoms with Crippen molar-refractivity contribution in [2.45, 2.75) is 5.75 Å². The van der Waals surface area contributed by atoms with E-state index in [0.717, 1.165) is 6.07 Å². The maximum atomic E-state index is 13.0. The van der Waals surface area contributed by atoms with Gasteiger partial charge in [-0.15, -0.1) is 0 Å². The van der Waals surface area contributed by atoms with E-state index in [0.29, 0.717) is 6.07 Å². The van der Waals surface area contributed by atoms with Crippen LogP contribution in [0.3, 0.4) is 0 Å². The summed E-state index contributed by atoms with van der Waals surface area (Å²) in [5.41, 5.74) is -0.173. The van der Waals surface area contributed by atoms with Crippen LogP contribution in [0.5, 0.6) is 0 Å². The summed E-state index contributed by atoms with van der Waals surface area (Å²) in [4.78, 5) is 0. The average Bonchev–Trinajstić information content (AvgIpc) is 1.97. The van der Waals surface area contributed by atoms with Crippen molar-refractivity contribution in [1.29, 1.82) is 0 Å². The highest BCUT2D eigenvalue weighted by molar-refractivity contribution is 9.10. The Balaban J connectivity index is 3.17. The van der Waals surface area contributed by atoms with E-state index in [1.54, 1.807) is 0 Å². The van der Waals surface area contributed by atoms with Crippen molar-refractivity contribution < 1.29 is 17.2 Å². The van der Waals surface area contributed by atoms with Gasteiger partial charge in [0.15, 0.2) is 0 Å². The van der Waals surface area contributed by atoms with Crippen LogP contribution in [0.4, 0.5) is 8.78 Å². The Labute approximate surface area is 92.4 Å². The van der Waals surface area contributed by atoms with Crippen LogP contribution >= 0.6 is 26.6 Å². The second-order valence-electron chi connectivity index (χ2n) is 2.54. The Morgan fingerprint density at radius 3 is 2.36 bits per heavy atom. The number of hydrogen-bond donors (Lipinski definition) is 0. The first-order valence-corrected chi connectivity index (χ1v) is 6.62. The topological polar surface area (TPSA) is 34.1 Å². The summed E-state index contributed by atoms with van der Waals surface area (Å²) in [7, 11) is 1.09. The molecule has 0 heterocycles. The first kappa shape index (κ1) is 11.9. The molecule has 0 aliphatic rings. The van der Waals surface area contributed by atoms with Gasteiger partial charge in [0.2, 0.25) is 9.05 Å². The van der Waals surface area contributed by atoms with Crippen molar-refractivity contribution >= 4 is 35.7 Å². The number of rotatable bonds is 2. The lowest BCUT2D eigenvalue weighted by Crippen LogP contribution is -1.99. The van der Waals surface area contributed by atoms with Gasteiger partial charge in [-0.05, 0) is 22.0 Å². The van der Waals surface area contributed by atoms with Crippen LogP contribution < -0.4 is 0 Å². The molecule has 0 amide bonds. The van der Waals surface area contributed by atoms with Gasteiger partial charge in [-0.25, -0.2) is 17.2 Å². The molecular weight excluding hydrogens is 301 g/mol. The zero-order valence-corrected chi connectivity index (χ0v) is 9.76. The summed E-state index contributed by atoms with van der Waals surface area (Å²) in [6.07, 6.45) is 0. The largest absolute Gasteiger partial charge is 0.236 e. The maximum Gasteiger partial charge on any atom is 0.236 e. The van der Waals surface area contributed by atoms with Gasteiger partial charge in [-0.3, -0.25) is 0 Å². The minimum atomic E-state index is -3.84. The van der Waals surface area contributed by atoms with Crippen molar-refractivity contribution in [3.8, 4) is 0 Å². The normalized spacial score (nSPS) is 11.7. The first-order chi connectivity index (χ1) is 6.29. The standard InChI is InChI=1S/C7H4BrClF2O2S/c8-5-1-4(3-14(9,12)13)6(10)2-7(5)11/h1-2H,3H2. The molecule has 1 aromatic carbocycles. The van der Waals surface area contributed by atoms with Gasteiger partial charge < -0.3 is 0 Å². The molecule has 7 heteroatoms. The van der Waals surface area contributed by atoms with Crippen molar-refractivity contribution in [1.82, 2.24) is 0 Å². The highest BCUT2D eigenvalue weighted by atomic mass is 79.9. The highest BCUT2D eigenvalue weighted by Crippen LogP contribution is 2.22. The summed E-state index contributed by atoms with van der Waals surface area (Å²) in [5, 5.41) is 0. The lowest BCUT2D eigenvalue weighted by Gasteiger charge is -2.02. The molecule has 0 aromatic heterocycles. The first-order valence-electron chi connectivity index (χ1n) is 3.35. The summed E-state index contributed by atoms with van der Waals surface area (Å²) < 4.78 is 47.0. The van der Waals surface area contributed by atoms with E-state index < -0.39 is 26.4 Å². The Hall–Kier alpha value is -0.200. The van der Waals surface area contributed by atoms with E-state index in [9.17, 15) is 17.2 Å². The third-order valence-corrected chi connectivity index (χ3v) is 3.01. The van der Waals surface area contributed by atoms with Crippen LogP contribution in [0.2, 0.25) is 0 Å². The zero-order chi connectivity index (χ0) is 10.9. The minimum absolute atomic E-state index is 0.00535. The molecule has 0 aliphatic heterocycles. The van der Waals surface area contributed by atoms with E-state index in [-0.39, 0.29) is 10.0 Å². The molecule has 0 saturated heterocycles. The molecule has 14 heavy (non-hydrogen) atoms. The number of hydrogen-bond acceptors (Lipinski definition) is 2. The third-order valence-electron chi connectivity index (χ3n) is 1.42. The second-order valence-corrected chi connectivity index (χ2v) is 6.17. The van der Waals surface area contributed by atoms with E-state index >= 15 is 0 Å².